The number of amides is 1. The predicted molar refractivity (Wildman–Crippen MR) is 187 cm³/mol. The Morgan fingerprint density at radius 2 is 1.32 bits per heavy atom. The summed E-state index contributed by atoms with van der Waals surface area (Å²) < 4.78 is 115. The van der Waals surface area contributed by atoms with Gasteiger partial charge >= 0.3 is 5.97 Å². The molecule has 0 aromatic heterocycles. The molecule has 2 saturated heterocycles. The van der Waals surface area contributed by atoms with Gasteiger partial charge in [-0.2, -0.15) is 14.3 Å². The van der Waals surface area contributed by atoms with E-state index in [4.69, 9.17) is 37.9 Å². The molecule has 5 N–H and O–H groups in total. The van der Waals surface area contributed by atoms with E-state index in [0.29, 0.717) is 72.4 Å². The van der Waals surface area contributed by atoms with Gasteiger partial charge in [-0.3, -0.25) is 9.59 Å². The number of halogens is 5. The molecule has 0 radical (unpaired) electrons. The van der Waals surface area contributed by atoms with E-state index in [-0.39, 0.29) is 50.6 Å². The van der Waals surface area contributed by atoms with Crippen LogP contribution in [0.3, 0.4) is 0 Å². The molecule has 17 nitrogen and oxygen atoms in total. The summed E-state index contributed by atoms with van der Waals surface area (Å²) in [5.74, 6) is -14.8. The normalized spacial score (nSPS) is 21.2. The molecule has 1 unspecified atom stereocenters. The number of aliphatic hydroxyl groups excluding tert-OH is 2. The third kappa shape index (κ3) is 17.7. The van der Waals surface area contributed by atoms with Crippen molar-refractivity contribution >= 4 is 11.9 Å². The largest absolute Gasteiger partial charge is 0.510 e. The van der Waals surface area contributed by atoms with Crippen molar-refractivity contribution in [3.8, 4) is 5.75 Å². The van der Waals surface area contributed by atoms with Crippen LogP contribution in [0.1, 0.15) is 32.6 Å². The highest BCUT2D eigenvalue weighted by molar-refractivity contribution is 5.73. The summed E-state index contributed by atoms with van der Waals surface area (Å²) in [6, 6.07) is -0.367. The Kier molecular flexibility index (Phi) is 22.7. The fraction of sp³-hybridized carbons (Fsp3) is 0.714. The maximum Gasteiger partial charge on any atom is 0.313 e. The molecule has 2 aliphatic heterocycles. The zero-order valence-corrected chi connectivity index (χ0v) is 31.8. The molecule has 22 heteroatoms. The molecule has 2 aliphatic rings. The molecule has 2 fully saturated rings. The number of hydrogen-bond donors (Lipinski definition) is 5. The molecule has 57 heavy (non-hydrogen) atoms. The Hall–Kier alpha value is -3.13. The van der Waals surface area contributed by atoms with Crippen LogP contribution in [-0.2, 0) is 47.5 Å². The summed E-state index contributed by atoms with van der Waals surface area (Å²) in [7, 11) is 0. The number of hydrogen-bond acceptors (Lipinski definition) is 16. The van der Waals surface area contributed by atoms with Gasteiger partial charge in [-0.05, 0) is 12.8 Å². The summed E-state index contributed by atoms with van der Waals surface area (Å²) >= 11 is 0. The second kappa shape index (κ2) is 26.8. The van der Waals surface area contributed by atoms with Crippen molar-refractivity contribution in [2.45, 2.75) is 63.2 Å². The molecule has 5 atom stereocenters. The highest BCUT2D eigenvalue weighted by Crippen LogP contribution is 2.29. The highest BCUT2D eigenvalue weighted by Gasteiger charge is 2.40. The van der Waals surface area contributed by atoms with E-state index >= 15 is 0 Å². The maximum absolute atomic E-state index is 13.6. The number of hydrazine groups is 2. The topological polar surface area (TPSA) is 197 Å². The number of aliphatic hydroxyl groups is 2. The number of carbonyl (C=O) groups excluding carboxylic acids is 2. The maximum atomic E-state index is 13.6. The van der Waals surface area contributed by atoms with Crippen LogP contribution in [0.15, 0.2) is 12.3 Å². The Morgan fingerprint density at radius 1 is 0.807 bits per heavy atom. The minimum Gasteiger partial charge on any atom is -0.510 e. The molecule has 326 valence electrons. The molecule has 1 amide bonds. The first kappa shape index (κ1) is 48.2. The number of esters is 1. The van der Waals surface area contributed by atoms with Gasteiger partial charge in [0.05, 0.1) is 97.8 Å². The van der Waals surface area contributed by atoms with E-state index in [2.05, 4.69) is 27.6 Å². The Bertz CT molecular complexity index is 1360. The first-order valence-electron chi connectivity index (χ1n) is 18.4. The van der Waals surface area contributed by atoms with Crippen molar-refractivity contribution in [3.05, 3.63) is 41.4 Å². The average Bonchev–Trinajstić information content (AvgIpc) is 3.63. The van der Waals surface area contributed by atoms with Gasteiger partial charge in [0.15, 0.2) is 6.29 Å². The summed E-state index contributed by atoms with van der Waals surface area (Å²) in [6.07, 6.45) is -1.64. The van der Waals surface area contributed by atoms with Gasteiger partial charge in [-0.15, -0.1) is 0 Å². The van der Waals surface area contributed by atoms with Crippen molar-refractivity contribution in [1.82, 2.24) is 21.3 Å². The summed E-state index contributed by atoms with van der Waals surface area (Å²) in [4.78, 5) is 23.2. The lowest BCUT2D eigenvalue weighted by atomic mass is 9.99. The number of carbonyl (C=O) groups is 2. The van der Waals surface area contributed by atoms with Crippen LogP contribution in [0.4, 0.5) is 22.0 Å². The molecule has 0 saturated carbocycles. The number of nitrogens with one attached hydrogen (secondary N) is 3. The Labute approximate surface area is 326 Å². The summed E-state index contributed by atoms with van der Waals surface area (Å²) in [5.41, 5.74) is 6.35. The molecular weight excluding hydrogens is 779 g/mol. The van der Waals surface area contributed by atoms with Crippen LogP contribution in [0.5, 0.6) is 5.75 Å². The zero-order valence-electron chi connectivity index (χ0n) is 31.8. The van der Waals surface area contributed by atoms with Crippen molar-refractivity contribution < 1.29 is 84.4 Å². The molecule has 0 spiro atoms. The second-order valence-corrected chi connectivity index (χ2v) is 12.7. The van der Waals surface area contributed by atoms with Crippen LogP contribution in [0.25, 0.3) is 0 Å². The fourth-order valence-electron chi connectivity index (χ4n) is 5.42. The van der Waals surface area contributed by atoms with E-state index in [1.807, 2.05) is 5.01 Å². The van der Waals surface area contributed by atoms with Crippen LogP contribution in [0.2, 0.25) is 0 Å². The van der Waals surface area contributed by atoms with Gasteiger partial charge in [0, 0.05) is 39.1 Å². The third-order valence-corrected chi connectivity index (χ3v) is 8.22. The minimum atomic E-state index is -2.36. The Balaban J connectivity index is 1.05. The highest BCUT2D eigenvalue weighted by atomic mass is 19.2. The smallest absolute Gasteiger partial charge is 0.313 e. The van der Waals surface area contributed by atoms with Gasteiger partial charge in [0.1, 0.15) is 11.9 Å². The van der Waals surface area contributed by atoms with E-state index in [1.165, 1.54) is 6.92 Å². The first-order valence-corrected chi connectivity index (χ1v) is 18.4. The van der Waals surface area contributed by atoms with Crippen molar-refractivity contribution in [2.75, 3.05) is 99.0 Å². The lowest BCUT2D eigenvalue weighted by Gasteiger charge is -2.39. The van der Waals surface area contributed by atoms with Gasteiger partial charge in [-0.25, -0.2) is 23.6 Å². The predicted octanol–water partition coefficient (Wildman–Crippen LogP) is 1.32. The second-order valence-electron chi connectivity index (χ2n) is 12.7. The van der Waals surface area contributed by atoms with Crippen LogP contribution < -0.4 is 21.0 Å². The lowest BCUT2D eigenvalue weighted by Crippen LogP contribution is -2.55. The number of ether oxygens (including phenoxy) is 9. The number of nitrogens with zero attached hydrogens (tertiary/aromatic N) is 1. The lowest BCUT2D eigenvalue weighted by molar-refractivity contribution is -0.231. The van der Waals surface area contributed by atoms with Gasteiger partial charge < -0.3 is 58.2 Å². The molecule has 0 aliphatic carbocycles. The van der Waals surface area contributed by atoms with Gasteiger partial charge in [0.2, 0.25) is 40.7 Å². The van der Waals surface area contributed by atoms with Crippen molar-refractivity contribution in [3.63, 3.8) is 0 Å². The molecule has 1 aromatic rings. The summed E-state index contributed by atoms with van der Waals surface area (Å²) in [6.45, 7) is 9.93. The third-order valence-electron chi connectivity index (χ3n) is 8.22. The Morgan fingerprint density at radius 3 is 1.84 bits per heavy atom. The van der Waals surface area contributed by atoms with Gasteiger partial charge in [-0.1, -0.05) is 6.58 Å². The van der Waals surface area contributed by atoms with Crippen molar-refractivity contribution in [2.24, 2.45) is 0 Å². The van der Waals surface area contributed by atoms with E-state index in [0.717, 1.165) is 13.0 Å². The van der Waals surface area contributed by atoms with Gasteiger partial charge in [0.25, 0.3) is 0 Å². The number of benzene rings is 1. The molecule has 1 aromatic carbocycles. The molecular formula is C35H53F5N4O13. The molecule has 2 heterocycles. The quantitative estimate of drug-likeness (QED) is 0.0147. The van der Waals surface area contributed by atoms with Crippen LogP contribution in [0, 0.1) is 29.1 Å². The number of rotatable bonds is 29. The van der Waals surface area contributed by atoms with E-state index in [1.54, 1.807) is 0 Å². The van der Waals surface area contributed by atoms with Crippen molar-refractivity contribution in [1.29, 1.82) is 0 Å². The monoisotopic (exact) mass is 832 g/mol. The standard InChI is InChI=1S/C35H53F5N4O13/c1-22(45)33-26(47)20-25(41-23(2)46)35(57-33)55-7-3-4-24-21-44(43-42-24)6-9-50-11-13-52-15-17-54-19-18-53-16-14-51-12-10-49-8-5-27(48)56-34-31(39)29(37)28(36)30(38)32(34)40/h24-26,33,35,42-43,45,47H,1,3-21H2,2H3,(H,41,46)/t24?,25-,26-,33-,35-/m1/s1. The SMILES string of the molecule is C=C(O)[C@H]1O[C@@H](OCCCC2CN(CCOCCOCCOCCOCCOCCOCCC(=O)Oc3c(F)c(F)c(F)c(F)c3F)NN2)[C@H](NC(C)=O)C[C@H]1O. The summed E-state index contributed by atoms with van der Waals surface area (Å²) in [5, 5.41) is 24.6. The minimum absolute atomic E-state index is 0.0679. The molecule has 0 bridgehead atoms. The first-order chi connectivity index (χ1) is 27.4. The molecule has 3 rings (SSSR count). The average molecular weight is 833 g/mol. The van der Waals surface area contributed by atoms with E-state index in [9.17, 15) is 41.8 Å². The van der Waals surface area contributed by atoms with E-state index < -0.39 is 71.8 Å². The fourth-order valence-corrected chi connectivity index (χ4v) is 5.42. The zero-order chi connectivity index (χ0) is 41.6. The van der Waals surface area contributed by atoms with Crippen LogP contribution in [-0.4, -0.2) is 157 Å². The van der Waals surface area contributed by atoms with Crippen LogP contribution >= 0.6 is 0 Å².